The zero-order valence-electron chi connectivity index (χ0n) is 31.8. The van der Waals surface area contributed by atoms with Crippen LogP contribution in [0.2, 0.25) is 0 Å². The average molecular weight is 858 g/mol. The second-order valence-corrected chi connectivity index (χ2v) is 13.2. The Labute approximate surface area is 323 Å². The van der Waals surface area contributed by atoms with Crippen LogP contribution in [0.15, 0.2) is 152 Å². The zero-order valence-corrected chi connectivity index (χ0v) is 31.0. The van der Waals surface area contributed by atoms with Crippen LogP contribution >= 0.6 is 0 Å². The molecule has 3 heterocycles. The van der Waals surface area contributed by atoms with Crippen LogP contribution in [0.4, 0.5) is 34.1 Å². The van der Waals surface area contributed by atoms with Crippen LogP contribution < -0.4 is 14.7 Å². The van der Waals surface area contributed by atoms with Crippen molar-refractivity contribution in [3.8, 4) is 16.9 Å². The summed E-state index contributed by atoms with van der Waals surface area (Å²) in [7, 11) is 0. The minimum atomic E-state index is -2.28. The monoisotopic (exact) mass is 857 g/mol. The molecule has 0 atom stereocenters. The molecular weight excluding hydrogens is 818 g/mol. The van der Waals surface area contributed by atoms with Gasteiger partial charge < -0.3 is 19.3 Å². The fraction of sp³-hybridized carbons (Fsp3) is 0.109. The molecule has 0 unspecified atom stereocenters. The fourth-order valence-corrected chi connectivity index (χ4v) is 7.36. The number of hydrogen-bond acceptors (Lipinski definition) is 4. The molecule has 256 valence electrons. The van der Waals surface area contributed by atoms with E-state index in [-0.39, 0.29) is 27.7 Å². The van der Waals surface area contributed by atoms with Gasteiger partial charge in [0.15, 0.2) is 0 Å². The molecule has 1 aliphatic heterocycles. The summed E-state index contributed by atoms with van der Waals surface area (Å²) in [4.78, 5) is 10.6. The number of fused-ring (bicyclic) bond motifs is 4. The molecule has 6 aromatic carbocycles. The Kier molecular flexibility index (Phi) is 7.98. The van der Waals surface area contributed by atoms with Crippen LogP contribution in [-0.4, -0.2) is 23.2 Å². The molecule has 6 heteroatoms. The van der Waals surface area contributed by atoms with Crippen molar-refractivity contribution in [1.82, 2.24) is 9.55 Å². The molecule has 52 heavy (non-hydrogen) atoms. The molecular formula is C46H37N5Pt. The van der Waals surface area contributed by atoms with Crippen molar-refractivity contribution in [2.75, 3.05) is 28.3 Å². The van der Waals surface area contributed by atoms with Crippen LogP contribution in [-0.2, 0) is 21.1 Å². The number of aromatic nitrogens is 2. The Morgan fingerprint density at radius 3 is 2.31 bits per heavy atom. The Balaban J connectivity index is 0.00000427. The summed E-state index contributed by atoms with van der Waals surface area (Å²) in [5, 5.41) is 2.20. The molecule has 0 spiro atoms. The number of benzene rings is 6. The van der Waals surface area contributed by atoms with Crippen molar-refractivity contribution in [3.05, 3.63) is 169 Å². The molecule has 0 aliphatic carbocycles. The maximum Gasteiger partial charge on any atom is 2.00 e. The summed E-state index contributed by atoms with van der Waals surface area (Å²) in [6, 6.07) is 56.9. The maximum atomic E-state index is 8.22. The van der Waals surface area contributed by atoms with Crippen LogP contribution in [0.1, 0.15) is 29.4 Å². The van der Waals surface area contributed by atoms with Gasteiger partial charge in [-0.05, 0) is 70.5 Å². The van der Waals surface area contributed by atoms with Gasteiger partial charge in [-0.1, -0.05) is 109 Å². The Morgan fingerprint density at radius 2 is 1.46 bits per heavy atom. The van der Waals surface area contributed by atoms with E-state index in [2.05, 4.69) is 120 Å². The van der Waals surface area contributed by atoms with Crippen LogP contribution in [0, 0.1) is 12.1 Å². The van der Waals surface area contributed by atoms with Gasteiger partial charge in [-0.25, -0.2) is 4.98 Å². The summed E-state index contributed by atoms with van der Waals surface area (Å²) in [6.07, 6.45) is 1.90. The van der Waals surface area contributed by atoms with Crippen molar-refractivity contribution in [3.63, 3.8) is 0 Å². The summed E-state index contributed by atoms with van der Waals surface area (Å²) in [6.45, 7) is 2.36. The number of para-hydroxylation sites is 4. The first-order valence-electron chi connectivity index (χ1n) is 18.8. The fourth-order valence-electron chi connectivity index (χ4n) is 7.36. The smallest absolute Gasteiger partial charge is 0.358 e. The standard InChI is InChI=1S/C46H37N5.Pt/c1-32(2)38-18-7-8-19-39(38)33-26-27-47-46(28-33)51-42-21-10-9-20-40(42)41-25-24-37(30-45(41)51)50(34-14-5-4-6-15-34)36-17-13-16-35(29-36)49-31-48(3)43-22-11-12-23-44(43)49;/h4-28,32H,31H2,1-3H3;/q-2;+2/i3D3;. The third-order valence-corrected chi connectivity index (χ3v) is 9.73. The van der Waals surface area contributed by atoms with Gasteiger partial charge in [-0.2, -0.15) is 12.1 Å². The number of rotatable bonds is 7. The summed E-state index contributed by atoms with van der Waals surface area (Å²) < 4.78 is 26.9. The molecule has 5 nitrogen and oxygen atoms in total. The topological polar surface area (TPSA) is 27.5 Å². The first-order chi connectivity index (χ1) is 26.3. The Hall–Kier alpha value is -5.64. The van der Waals surface area contributed by atoms with Crippen molar-refractivity contribution in [2.45, 2.75) is 19.8 Å². The minimum Gasteiger partial charge on any atom is -0.358 e. The molecule has 0 bridgehead atoms. The predicted octanol–water partition coefficient (Wildman–Crippen LogP) is 11.6. The summed E-state index contributed by atoms with van der Waals surface area (Å²) >= 11 is 0. The molecule has 0 saturated heterocycles. The van der Waals surface area contributed by atoms with E-state index in [1.54, 1.807) is 0 Å². The zero-order chi connectivity index (χ0) is 37.0. The van der Waals surface area contributed by atoms with Gasteiger partial charge in [0.05, 0.1) is 18.0 Å². The molecule has 0 saturated carbocycles. The number of pyridine rings is 1. The number of nitrogens with zero attached hydrogens (tertiary/aromatic N) is 5. The second kappa shape index (κ2) is 13.8. The minimum absolute atomic E-state index is 0. The normalized spacial score (nSPS) is 13.5. The third-order valence-electron chi connectivity index (χ3n) is 9.73. The van der Waals surface area contributed by atoms with Crippen molar-refractivity contribution in [1.29, 1.82) is 0 Å². The Morgan fingerprint density at radius 1 is 0.712 bits per heavy atom. The summed E-state index contributed by atoms with van der Waals surface area (Å²) in [5.41, 5.74) is 10.4. The second-order valence-electron chi connectivity index (χ2n) is 13.2. The van der Waals surface area contributed by atoms with Crippen molar-refractivity contribution in [2.24, 2.45) is 0 Å². The van der Waals surface area contributed by atoms with Gasteiger partial charge in [0, 0.05) is 28.5 Å². The number of anilines is 6. The van der Waals surface area contributed by atoms with Crippen molar-refractivity contribution < 1.29 is 25.2 Å². The molecule has 0 fully saturated rings. The Bertz CT molecular complexity index is 2650. The van der Waals surface area contributed by atoms with Gasteiger partial charge in [-0.3, -0.25) is 0 Å². The van der Waals surface area contributed by atoms with E-state index in [0.717, 1.165) is 61.6 Å². The van der Waals surface area contributed by atoms with E-state index in [1.165, 1.54) is 16.0 Å². The van der Waals surface area contributed by atoms with E-state index in [1.807, 2.05) is 71.8 Å². The van der Waals surface area contributed by atoms with E-state index in [9.17, 15) is 0 Å². The molecule has 0 amide bonds. The van der Waals surface area contributed by atoms with Gasteiger partial charge in [0.2, 0.25) is 0 Å². The third kappa shape index (κ3) is 5.76. The molecule has 9 rings (SSSR count). The predicted molar refractivity (Wildman–Crippen MR) is 212 cm³/mol. The SMILES string of the molecule is [2H]C([2H])([2H])N1CN(c2[c-]c(N(c3[c-]c4c(cc3)c3ccccc3n4-c3cc(-c4ccccc4C(C)C)ccn3)c3ccccc3)ccc2)c2ccccc21.[Pt+2]. The van der Waals surface area contributed by atoms with E-state index < -0.39 is 6.98 Å². The van der Waals surface area contributed by atoms with E-state index >= 15 is 0 Å². The van der Waals surface area contributed by atoms with E-state index in [4.69, 9.17) is 9.10 Å². The van der Waals surface area contributed by atoms with Gasteiger partial charge in [-0.15, -0.1) is 35.7 Å². The average Bonchev–Trinajstić information content (AvgIpc) is 3.75. The molecule has 8 aromatic rings. The van der Waals surface area contributed by atoms with Crippen LogP contribution in [0.25, 0.3) is 38.8 Å². The number of hydrogen-bond donors (Lipinski definition) is 0. The molecule has 2 aromatic heterocycles. The first kappa shape index (κ1) is 30.0. The van der Waals surface area contributed by atoms with Crippen LogP contribution in [0.3, 0.4) is 0 Å². The van der Waals surface area contributed by atoms with E-state index in [0.29, 0.717) is 11.6 Å². The molecule has 0 radical (unpaired) electrons. The van der Waals surface area contributed by atoms with Gasteiger partial charge in [0.1, 0.15) is 5.82 Å². The molecule has 1 aliphatic rings. The van der Waals surface area contributed by atoms with Gasteiger partial charge >= 0.3 is 21.1 Å². The largest absolute Gasteiger partial charge is 2.00 e. The van der Waals surface area contributed by atoms with Gasteiger partial charge in [0.25, 0.3) is 0 Å². The van der Waals surface area contributed by atoms with Crippen LogP contribution in [0.5, 0.6) is 0 Å². The quantitative estimate of drug-likeness (QED) is 0.149. The summed E-state index contributed by atoms with van der Waals surface area (Å²) in [5.74, 6) is 1.19. The molecule has 0 N–H and O–H groups in total. The first-order valence-corrected chi connectivity index (χ1v) is 17.3. The van der Waals surface area contributed by atoms with Crippen molar-refractivity contribution >= 4 is 55.9 Å². The maximum absolute atomic E-state index is 8.22.